The van der Waals surface area contributed by atoms with Gasteiger partial charge in [0.15, 0.2) is 11.6 Å². The number of aryl methyl sites for hydroxylation is 1. The van der Waals surface area contributed by atoms with E-state index >= 15 is 0 Å². The third-order valence-electron chi connectivity index (χ3n) is 4.52. The molecule has 0 atom stereocenters. The van der Waals surface area contributed by atoms with E-state index in [0.717, 1.165) is 0 Å². The van der Waals surface area contributed by atoms with Gasteiger partial charge in [-0.05, 0) is 23.4 Å². The fourth-order valence-corrected chi connectivity index (χ4v) is 3.01. The second-order valence-electron chi connectivity index (χ2n) is 6.70. The average Bonchev–Trinajstić information content (AvgIpc) is 3.29. The first-order chi connectivity index (χ1) is 17.7. The van der Waals surface area contributed by atoms with Crippen LogP contribution in [0.2, 0.25) is 0 Å². The number of aromatic nitrogens is 7. The van der Waals surface area contributed by atoms with Crippen LogP contribution in [0.5, 0.6) is 5.75 Å². The van der Waals surface area contributed by atoms with Gasteiger partial charge in [0.25, 0.3) is 5.91 Å². The maximum Gasteiger partial charge on any atom is 0.254 e. The number of carbonyl (C=O) groups excluding carboxylic acids is 1. The van der Waals surface area contributed by atoms with Crippen LogP contribution in [0, 0.1) is 11.3 Å². The van der Waals surface area contributed by atoms with Crippen LogP contribution in [0.4, 0.5) is 23.1 Å². The molecule has 0 bridgehead atoms. The van der Waals surface area contributed by atoms with Gasteiger partial charge < -0.3 is 20.7 Å². The Morgan fingerprint density at radius 2 is 2.00 bits per heavy atom. The van der Waals surface area contributed by atoms with E-state index in [1.165, 1.54) is 42.6 Å². The number of nitrogens with zero attached hydrogens (tertiary/aromatic N) is 8. The van der Waals surface area contributed by atoms with Gasteiger partial charge in [0.1, 0.15) is 11.6 Å². The number of amides is 1. The summed E-state index contributed by atoms with van der Waals surface area (Å²) < 4.78 is 27.7. The second-order valence-corrected chi connectivity index (χ2v) is 6.70. The van der Waals surface area contributed by atoms with E-state index in [9.17, 15) is 4.79 Å². The van der Waals surface area contributed by atoms with Gasteiger partial charge in [-0.25, -0.2) is 15.0 Å². The highest BCUT2D eigenvalue weighted by molar-refractivity contribution is 6.00. The molecule has 0 aliphatic heterocycles. The summed E-state index contributed by atoms with van der Waals surface area (Å²) in [6, 6.07) is 8.18. The van der Waals surface area contributed by atoms with Crippen LogP contribution in [0.3, 0.4) is 0 Å². The van der Waals surface area contributed by atoms with Gasteiger partial charge in [-0.2, -0.15) is 10.1 Å². The molecule has 0 spiro atoms. The minimum Gasteiger partial charge on any atom is -0.492 e. The molecule has 0 saturated heterocycles. The molecule has 0 unspecified atom stereocenters. The normalized spacial score (nSPS) is 12.0. The Kier molecular flexibility index (Phi) is 5.19. The Labute approximate surface area is 198 Å². The van der Waals surface area contributed by atoms with Crippen LogP contribution in [-0.4, -0.2) is 55.2 Å². The molecule has 13 heteroatoms. The van der Waals surface area contributed by atoms with Gasteiger partial charge in [-0.1, -0.05) is 0 Å². The van der Waals surface area contributed by atoms with Crippen molar-refractivity contribution in [3.63, 3.8) is 0 Å². The zero-order valence-electron chi connectivity index (χ0n) is 20.9. The van der Waals surface area contributed by atoms with Gasteiger partial charge >= 0.3 is 0 Å². The molecular weight excluding hydrogens is 438 g/mol. The first kappa shape index (κ1) is 18.5. The number of nitriles is 1. The van der Waals surface area contributed by atoms with Crippen molar-refractivity contribution in [3.05, 3.63) is 54.0 Å². The summed E-state index contributed by atoms with van der Waals surface area (Å²) in [6.07, 6.45) is 4.13. The van der Waals surface area contributed by atoms with Crippen LogP contribution in [0.25, 0.3) is 11.4 Å². The third-order valence-corrected chi connectivity index (χ3v) is 4.52. The number of anilines is 4. The second kappa shape index (κ2) is 9.57. The Morgan fingerprint density at radius 1 is 1.18 bits per heavy atom. The van der Waals surface area contributed by atoms with Crippen molar-refractivity contribution in [1.29, 1.82) is 5.26 Å². The summed E-state index contributed by atoms with van der Waals surface area (Å²) in [4.78, 5) is 26.7. The number of methoxy groups -OCH3 is 1. The topological polar surface area (TPSA) is 168 Å². The SMILES string of the molecule is [2H]C([2H])([2H])NC(=O)c1cnc(Nc2cc(C#N)ccn2)cc1Nc1nccc(-c2nnn(C)n2)c1OC. The Bertz CT molecular complexity index is 1500. The molecule has 1 amide bonds. The molecule has 4 rings (SSSR count). The first-order valence-corrected chi connectivity index (χ1v) is 9.67. The van der Waals surface area contributed by atoms with E-state index in [-0.39, 0.29) is 34.5 Å². The molecule has 0 aliphatic carbocycles. The third kappa shape index (κ3) is 4.55. The van der Waals surface area contributed by atoms with Crippen molar-refractivity contribution in [1.82, 2.24) is 40.5 Å². The number of rotatable bonds is 7. The fourth-order valence-electron chi connectivity index (χ4n) is 3.01. The Hall–Kier alpha value is -5.12. The number of carbonyl (C=O) groups is 1. The lowest BCUT2D eigenvalue weighted by Gasteiger charge is -2.16. The highest BCUT2D eigenvalue weighted by Gasteiger charge is 2.19. The molecule has 4 aromatic heterocycles. The van der Waals surface area contributed by atoms with Crippen molar-refractivity contribution in [2.24, 2.45) is 7.05 Å². The van der Waals surface area contributed by atoms with Gasteiger partial charge in [0, 0.05) is 35.7 Å². The fraction of sp³-hybridized carbons (Fsp3) is 0.143. The Morgan fingerprint density at radius 3 is 2.74 bits per heavy atom. The van der Waals surface area contributed by atoms with Crippen molar-refractivity contribution in [2.45, 2.75) is 0 Å². The number of ether oxygens (including phenoxy) is 1. The Balaban J connectivity index is 1.75. The zero-order valence-corrected chi connectivity index (χ0v) is 17.9. The molecule has 13 nitrogen and oxygen atoms in total. The number of hydrogen-bond donors (Lipinski definition) is 3. The molecule has 0 fully saturated rings. The summed E-state index contributed by atoms with van der Waals surface area (Å²) >= 11 is 0. The monoisotopic (exact) mass is 460 g/mol. The molecule has 0 saturated carbocycles. The highest BCUT2D eigenvalue weighted by Crippen LogP contribution is 2.35. The van der Waals surface area contributed by atoms with Gasteiger partial charge in [-0.3, -0.25) is 4.79 Å². The van der Waals surface area contributed by atoms with Crippen molar-refractivity contribution < 1.29 is 13.6 Å². The molecule has 170 valence electrons. The molecule has 4 heterocycles. The number of pyridine rings is 3. The summed E-state index contributed by atoms with van der Waals surface area (Å²) in [7, 11) is 3.05. The van der Waals surface area contributed by atoms with E-state index in [1.54, 1.807) is 19.2 Å². The largest absolute Gasteiger partial charge is 0.492 e. The van der Waals surface area contributed by atoms with E-state index in [1.807, 2.05) is 11.4 Å². The van der Waals surface area contributed by atoms with Crippen molar-refractivity contribution in [3.8, 4) is 23.2 Å². The van der Waals surface area contributed by atoms with E-state index in [0.29, 0.717) is 16.9 Å². The summed E-state index contributed by atoms with van der Waals surface area (Å²) in [5, 5.41) is 29.0. The van der Waals surface area contributed by atoms with Gasteiger partial charge in [0.05, 0.1) is 42.6 Å². The minimum absolute atomic E-state index is 0.0766. The van der Waals surface area contributed by atoms with Crippen LogP contribution < -0.4 is 20.7 Å². The summed E-state index contributed by atoms with van der Waals surface area (Å²) in [6.45, 7) is -2.72. The van der Waals surface area contributed by atoms with Crippen LogP contribution in [-0.2, 0) is 7.05 Å². The quantitative estimate of drug-likeness (QED) is 0.367. The summed E-state index contributed by atoms with van der Waals surface area (Å²) in [5.74, 6) is 0.428. The predicted octanol–water partition coefficient (Wildman–Crippen LogP) is 1.79. The van der Waals surface area contributed by atoms with E-state index in [4.69, 9.17) is 14.1 Å². The number of tetrazole rings is 1. The smallest absolute Gasteiger partial charge is 0.254 e. The molecule has 0 aliphatic rings. The minimum atomic E-state index is -2.72. The lowest BCUT2D eigenvalue weighted by Crippen LogP contribution is -2.20. The number of nitrogens with one attached hydrogen (secondary N) is 3. The van der Waals surface area contributed by atoms with Crippen LogP contribution in [0.1, 0.15) is 20.0 Å². The van der Waals surface area contributed by atoms with Crippen LogP contribution >= 0.6 is 0 Å². The summed E-state index contributed by atoms with van der Waals surface area (Å²) in [5.41, 5.74) is 0.942. The van der Waals surface area contributed by atoms with E-state index in [2.05, 4.69) is 41.0 Å². The predicted molar refractivity (Wildman–Crippen MR) is 122 cm³/mol. The van der Waals surface area contributed by atoms with Gasteiger partial charge in [0.2, 0.25) is 5.82 Å². The molecular formula is C21H19N11O2. The molecule has 3 N–H and O–H groups in total. The zero-order chi connectivity index (χ0) is 26.6. The maximum atomic E-state index is 12.8. The highest BCUT2D eigenvalue weighted by atomic mass is 16.5. The van der Waals surface area contributed by atoms with Crippen molar-refractivity contribution >= 4 is 29.0 Å². The van der Waals surface area contributed by atoms with Crippen molar-refractivity contribution in [2.75, 3.05) is 24.7 Å². The van der Waals surface area contributed by atoms with Gasteiger partial charge in [-0.15, -0.1) is 10.2 Å². The molecule has 0 radical (unpaired) electrons. The lowest BCUT2D eigenvalue weighted by molar-refractivity contribution is 0.0963. The van der Waals surface area contributed by atoms with Crippen LogP contribution in [0.15, 0.2) is 42.9 Å². The standard InChI is InChI=1S/C21H19N11O2/c1-23-21(33)14-11-26-17(28-16-8-12(10-22)4-6-24-16)9-15(14)27-20-18(34-3)13(5-7-25-20)19-29-31-32(2)30-19/h4-9,11H,1-3H3,(H,23,33)(H2,24,25,26,27,28)/i1D3. The lowest BCUT2D eigenvalue weighted by atomic mass is 10.2. The van der Waals surface area contributed by atoms with E-state index < -0.39 is 12.9 Å². The average molecular weight is 460 g/mol. The molecule has 34 heavy (non-hydrogen) atoms. The molecule has 4 aromatic rings. The maximum absolute atomic E-state index is 12.8. The number of hydrogen-bond acceptors (Lipinski definition) is 11. The first-order valence-electron chi connectivity index (χ1n) is 11.2. The molecule has 0 aromatic carbocycles.